The predicted octanol–water partition coefficient (Wildman–Crippen LogP) is 3.22. The topological polar surface area (TPSA) is 64.6 Å². The first-order chi connectivity index (χ1) is 11.6. The summed E-state index contributed by atoms with van der Waals surface area (Å²) >= 11 is 0. The highest BCUT2D eigenvalue weighted by Gasteiger charge is 2.07. The molecule has 0 radical (unpaired) electrons. The standard InChI is InChI=1S/C19H25N3O2/c1-15(12-13-23)20-19(24)21-17-8-10-18(11-9-17)22(2)14-16-6-4-3-5-7-16/h3-11,15,23H,12-14H2,1-2H3,(H2,20,21,24)/t15-/m1/s1. The van der Waals surface area contributed by atoms with Gasteiger partial charge < -0.3 is 20.6 Å². The summed E-state index contributed by atoms with van der Waals surface area (Å²) in [6.07, 6.45) is 0.538. The highest BCUT2D eigenvalue weighted by atomic mass is 16.3. The molecule has 1 atom stereocenters. The average molecular weight is 327 g/mol. The van der Waals surface area contributed by atoms with E-state index in [-0.39, 0.29) is 18.7 Å². The summed E-state index contributed by atoms with van der Waals surface area (Å²) in [5.41, 5.74) is 3.07. The number of hydrogen-bond acceptors (Lipinski definition) is 3. The summed E-state index contributed by atoms with van der Waals surface area (Å²) < 4.78 is 0. The number of anilines is 2. The fraction of sp³-hybridized carbons (Fsp3) is 0.316. The third-order valence-corrected chi connectivity index (χ3v) is 3.77. The minimum absolute atomic E-state index is 0.0594. The zero-order valence-corrected chi connectivity index (χ0v) is 14.2. The Labute approximate surface area is 143 Å². The molecule has 0 heterocycles. The van der Waals surface area contributed by atoms with E-state index in [2.05, 4.69) is 27.7 Å². The van der Waals surface area contributed by atoms with Gasteiger partial charge in [0.15, 0.2) is 0 Å². The molecule has 0 fully saturated rings. The van der Waals surface area contributed by atoms with Gasteiger partial charge >= 0.3 is 6.03 Å². The second kappa shape index (κ2) is 8.93. The summed E-state index contributed by atoms with van der Waals surface area (Å²) in [6, 6.07) is 17.7. The van der Waals surface area contributed by atoms with Crippen molar-refractivity contribution in [2.75, 3.05) is 23.9 Å². The van der Waals surface area contributed by atoms with E-state index in [1.165, 1.54) is 5.56 Å². The van der Waals surface area contributed by atoms with Gasteiger partial charge in [0.25, 0.3) is 0 Å². The van der Waals surface area contributed by atoms with E-state index in [1.807, 2.05) is 56.4 Å². The molecule has 0 spiro atoms. The van der Waals surface area contributed by atoms with Crippen LogP contribution < -0.4 is 15.5 Å². The number of nitrogens with zero attached hydrogens (tertiary/aromatic N) is 1. The number of aliphatic hydroxyl groups excluding tert-OH is 1. The lowest BCUT2D eigenvalue weighted by Gasteiger charge is -2.20. The Balaban J connectivity index is 1.89. The highest BCUT2D eigenvalue weighted by Crippen LogP contribution is 2.18. The molecule has 0 aliphatic heterocycles. The van der Waals surface area contributed by atoms with Crippen LogP contribution in [0.1, 0.15) is 18.9 Å². The van der Waals surface area contributed by atoms with E-state index in [1.54, 1.807) is 0 Å². The van der Waals surface area contributed by atoms with Crippen LogP contribution in [0.2, 0.25) is 0 Å². The van der Waals surface area contributed by atoms with Crippen molar-refractivity contribution in [1.82, 2.24) is 5.32 Å². The van der Waals surface area contributed by atoms with Gasteiger partial charge in [-0.05, 0) is 43.2 Å². The zero-order valence-electron chi connectivity index (χ0n) is 14.2. The molecule has 5 nitrogen and oxygen atoms in total. The van der Waals surface area contributed by atoms with Crippen molar-refractivity contribution < 1.29 is 9.90 Å². The molecule has 2 aromatic rings. The van der Waals surface area contributed by atoms with Gasteiger partial charge in [0, 0.05) is 37.6 Å². The van der Waals surface area contributed by atoms with E-state index in [4.69, 9.17) is 5.11 Å². The minimum atomic E-state index is -0.263. The van der Waals surface area contributed by atoms with E-state index in [9.17, 15) is 4.79 Å². The van der Waals surface area contributed by atoms with Crippen LogP contribution in [-0.2, 0) is 6.54 Å². The van der Waals surface area contributed by atoms with Gasteiger partial charge in [0.05, 0.1) is 0 Å². The number of nitrogens with one attached hydrogen (secondary N) is 2. The Kier molecular flexibility index (Phi) is 6.63. The maximum atomic E-state index is 11.8. The largest absolute Gasteiger partial charge is 0.396 e. The molecule has 0 unspecified atom stereocenters. The van der Waals surface area contributed by atoms with Crippen molar-refractivity contribution in [1.29, 1.82) is 0 Å². The lowest BCUT2D eigenvalue weighted by Crippen LogP contribution is -2.36. The van der Waals surface area contributed by atoms with E-state index in [0.717, 1.165) is 17.9 Å². The van der Waals surface area contributed by atoms with Crippen LogP contribution in [-0.4, -0.2) is 30.8 Å². The van der Waals surface area contributed by atoms with Crippen LogP contribution in [0.3, 0.4) is 0 Å². The van der Waals surface area contributed by atoms with Gasteiger partial charge in [0.1, 0.15) is 0 Å². The van der Waals surface area contributed by atoms with E-state index in [0.29, 0.717) is 6.42 Å². The number of carbonyl (C=O) groups is 1. The van der Waals surface area contributed by atoms with Gasteiger partial charge in [-0.3, -0.25) is 0 Å². The van der Waals surface area contributed by atoms with Gasteiger partial charge in [0.2, 0.25) is 0 Å². The number of hydrogen-bond donors (Lipinski definition) is 3. The predicted molar refractivity (Wildman–Crippen MR) is 98.3 cm³/mol. The molecule has 0 bridgehead atoms. The zero-order chi connectivity index (χ0) is 17.4. The lowest BCUT2D eigenvalue weighted by atomic mass is 10.2. The Morgan fingerprint density at radius 2 is 1.79 bits per heavy atom. The maximum Gasteiger partial charge on any atom is 0.319 e. The molecule has 0 saturated carbocycles. The number of aliphatic hydroxyl groups is 1. The summed E-state index contributed by atoms with van der Waals surface area (Å²) in [7, 11) is 2.04. The van der Waals surface area contributed by atoms with Gasteiger partial charge in [-0.1, -0.05) is 30.3 Å². The third kappa shape index (κ3) is 5.59. The molecule has 0 aliphatic rings. The van der Waals surface area contributed by atoms with Crippen LogP contribution in [0, 0.1) is 0 Å². The average Bonchev–Trinajstić information content (AvgIpc) is 2.56. The molecule has 5 heteroatoms. The molecule has 3 N–H and O–H groups in total. The molecule has 128 valence electrons. The number of benzene rings is 2. The summed E-state index contributed by atoms with van der Waals surface area (Å²) in [5.74, 6) is 0. The molecule has 2 aromatic carbocycles. The van der Waals surface area contributed by atoms with Gasteiger partial charge in [-0.2, -0.15) is 0 Å². The van der Waals surface area contributed by atoms with Crippen LogP contribution >= 0.6 is 0 Å². The van der Waals surface area contributed by atoms with Crippen molar-refractivity contribution in [3.63, 3.8) is 0 Å². The summed E-state index contributed by atoms with van der Waals surface area (Å²) in [6.45, 7) is 2.74. The van der Waals surface area contributed by atoms with E-state index < -0.39 is 0 Å². The van der Waals surface area contributed by atoms with Crippen LogP contribution in [0.5, 0.6) is 0 Å². The SMILES string of the molecule is C[C@H](CCO)NC(=O)Nc1ccc(N(C)Cc2ccccc2)cc1. The fourth-order valence-corrected chi connectivity index (χ4v) is 2.40. The molecule has 0 aromatic heterocycles. The second-order valence-corrected chi connectivity index (χ2v) is 5.90. The van der Waals surface area contributed by atoms with Crippen LogP contribution in [0.4, 0.5) is 16.2 Å². The smallest absolute Gasteiger partial charge is 0.319 e. The lowest BCUT2D eigenvalue weighted by molar-refractivity contribution is 0.241. The molecular formula is C19H25N3O2. The van der Waals surface area contributed by atoms with Crippen molar-refractivity contribution >= 4 is 17.4 Å². The molecule has 2 amide bonds. The maximum absolute atomic E-state index is 11.8. The molecule has 2 rings (SSSR count). The Bertz CT molecular complexity index is 629. The Hall–Kier alpha value is -2.53. The van der Waals surface area contributed by atoms with Crippen molar-refractivity contribution in [2.24, 2.45) is 0 Å². The van der Waals surface area contributed by atoms with E-state index >= 15 is 0 Å². The normalized spacial score (nSPS) is 11.6. The molecule has 0 aliphatic carbocycles. The van der Waals surface area contributed by atoms with Gasteiger partial charge in [-0.15, -0.1) is 0 Å². The number of carbonyl (C=O) groups excluding carboxylic acids is 1. The third-order valence-electron chi connectivity index (χ3n) is 3.77. The monoisotopic (exact) mass is 327 g/mol. The molecular weight excluding hydrogens is 302 g/mol. The summed E-state index contributed by atoms with van der Waals surface area (Å²) in [4.78, 5) is 14.0. The van der Waals surface area contributed by atoms with Gasteiger partial charge in [-0.25, -0.2) is 4.79 Å². The Morgan fingerprint density at radius 3 is 2.42 bits per heavy atom. The Morgan fingerprint density at radius 1 is 1.12 bits per heavy atom. The highest BCUT2D eigenvalue weighted by molar-refractivity contribution is 5.89. The first kappa shape index (κ1) is 17.8. The molecule has 24 heavy (non-hydrogen) atoms. The van der Waals surface area contributed by atoms with Crippen molar-refractivity contribution in [3.05, 3.63) is 60.2 Å². The summed E-state index contributed by atoms with van der Waals surface area (Å²) in [5, 5.41) is 14.4. The number of amides is 2. The van der Waals surface area contributed by atoms with Crippen LogP contribution in [0.25, 0.3) is 0 Å². The number of urea groups is 1. The quantitative estimate of drug-likeness (QED) is 0.731. The van der Waals surface area contributed by atoms with Crippen molar-refractivity contribution in [2.45, 2.75) is 25.9 Å². The second-order valence-electron chi connectivity index (χ2n) is 5.90. The van der Waals surface area contributed by atoms with Crippen molar-refractivity contribution in [3.8, 4) is 0 Å². The number of rotatable bonds is 7. The minimum Gasteiger partial charge on any atom is -0.396 e. The first-order valence-electron chi connectivity index (χ1n) is 8.12. The van der Waals surface area contributed by atoms with Crippen LogP contribution in [0.15, 0.2) is 54.6 Å². The first-order valence-corrected chi connectivity index (χ1v) is 8.12. The molecule has 0 saturated heterocycles. The fourth-order valence-electron chi connectivity index (χ4n) is 2.40.